The summed E-state index contributed by atoms with van der Waals surface area (Å²) in [5, 5.41) is 9.22. The van der Waals surface area contributed by atoms with E-state index >= 15 is 0 Å². The van der Waals surface area contributed by atoms with Gasteiger partial charge >= 0.3 is 0 Å². The van der Waals surface area contributed by atoms with Crippen LogP contribution in [0.15, 0.2) is 47.4 Å². The van der Waals surface area contributed by atoms with Gasteiger partial charge in [-0.25, -0.2) is 12.8 Å². The lowest BCUT2D eigenvalue weighted by Crippen LogP contribution is -2.27. The number of halogens is 1. The van der Waals surface area contributed by atoms with E-state index in [4.69, 9.17) is 0 Å². The molecule has 0 aromatic heterocycles. The van der Waals surface area contributed by atoms with Crippen molar-refractivity contribution in [3.8, 4) is 5.75 Å². The summed E-state index contributed by atoms with van der Waals surface area (Å²) in [5.74, 6) is -0.341. The van der Waals surface area contributed by atoms with Crippen molar-refractivity contribution in [3.63, 3.8) is 0 Å². The van der Waals surface area contributed by atoms with Crippen LogP contribution in [0.5, 0.6) is 5.75 Å². The number of nitrogens with zero attached hydrogens (tertiary/aromatic N) is 1. The molecule has 2 aromatic carbocycles. The van der Waals surface area contributed by atoms with Gasteiger partial charge in [0.1, 0.15) is 11.6 Å². The average molecular weight is 309 g/mol. The van der Waals surface area contributed by atoms with Gasteiger partial charge in [-0.3, -0.25) is 0 Å². The number of hydrogen-bond donors (Lipinski definition) is 1. The number of aromatic hydroxyl groups is 1. The van der Waals surface area contributed by atoms with Gasteiger partial charge in [-0.2, -0.15) is 4.31 Å². The molecule has 0 bridgehead atoms. The summed E-state index contributed by atoms with van der Waals surface area (Å²) in [6.45, 7) is 1.73. The zero-order valence-electron chi connectivity index (χ0n) is 11.7. The van der Waals surface area contributed by atoms with E-state index in [1.54, 1.807) is 19.1 Å². The van der Waals surface area contributed by atoms with Crippen LogP contribution in [0.2, 0.25) is 0 Å². The van der Waals surface area contributed by atoms with Gasteiger partial charge < -0.3 is 5.11 Å². The molecule has 0 atom stereocenters. The Hall–Kier alpha value is -1.92. The molecule has 1 N–H and O–H groups in total. The summed E-state index contributed by atoms with van der Waals surface area (Å²) in [6, 6.07) is 9.90. The highest BCUT2D eigenvalue weighted by Crippen LogP contribution is 2.21. The first-order chi connectivity index (χ1) is 9.80. The van der Waals surface area contributed by atoms with E-state index in [1.165, 1.54) is 35.6 Å². The van der Waals surface area contributed by atoms with Gasteiger partial charge in [0.25, 0.3) is 0 Å². The second kappa shape index (κ2) is 5.83. The summed E-state index contributed by atoms with van der Waals surface area (Å²) in [5.41, 5.74) is 1.12. The Balaban J connectivity index is 2.28. The van der Waals surface area contributed by atoms with E-state index in [9.17, 15) is 17.9 Å². The first-order valence-corrected chi connectivity index (χ1v) is 7.75. The van der Waals surface area contributed by atoms with Crippen molar-refractivity contribution in [1.82, 2.24) is 4.31 Å². The molecular formula is C15H16FNO3S. The molecule has 4 nitrogen and oxygen atoms in total. The van der Waals surface area contributed by atoms with Gasteiger partial charge in [-0.1, -0.05) is 12.1 Å². The molecule has 0 saturated carbocycles. The molecule has 0 aliphatic heterocycles. The van der Waals surface area contributed by atoms with E-state index in [0.717, 1.165) is 11.6 Å². The number of aryl methyl sites for hydroxylation is 1. The molecule has 2 rings (SSSR count). The predicted octanol–water partition coefficient (Wildman–Crippen LogP) is 2.66. The molecule has 0 heterocycles. The van der Waals surface area contributed by atoms with Crippen molar-refractivity contribution < 1.29 is 17.9 Å². The minimum absolute atomic E-state index is 0.0881. The average Bonchev–Trinajstić information content (AvgIpc) is 2.40. The summed E-state index contributed by atoms with van der Waals surface area (Å²) < 4.78 is 39.3. The Labute approximate surface area is 123 Å². The number of hydrogen-bond acceptors (Lipinski definition) is 3. The van der Waals surface area contributed by atoms with Crippen LogP contribution in [0.3, 0.4) is 0 Å². The first kappa shape index (κ1) is 15.5. The SMILES string of the molecule is Cc1cc(F)ccc1S(=O)(=O)N(C)Cc1ccc(O)cc1. The molecule has 6 heteroatoms. The second-order valence-corrected chi connectivity index (χ2v) is 6.85. The van der Waals surface area contributed by atoms with Crippen LogP contribution in [0.25, 0.3) is 0 Å². The highest BCUT2D eigenvalue weighted by Gasteiger charge is 2.23. The normalized spacial score (nSPS) is 11.8. The monoisotopic (exact) mass is 309 g/mol. The van der Waals surface area contributed by atoms with Crippen molar-refractivity contribution in [2.24, 2.45) is 0 Å². The van der Waals surface area contributed by atoms with Crippen LogP contribution < -0.4 is 0 Å². The van der Waals surface area contributed by atoms with E-state index < -0.39 is 15.8 Å². The minimum atomic E-state index is -3.69. The second-order valence-electron chi connectivity index (χ2n) is 4.84. The molecule has 0 aliphatic carbocycles. The Morgan fingerprint density at radius 3 is 2.33 bits per heavy atom. The fourth-order valence-electron chi connectivity index (χ4n) is 2.01. The number of rotatable bonds is 4. The van der Waals surface area contributed by atoms with E-state index in [0.29, 0.717) is 5.56 Å². The maximum absolute atomic E-state index is 13.1. The van der Waals surface area contributed by atoms with E-state index in [2.05, 4.69) is 0 Å². The van der Waals surface area contributed by atoms with Gasteiger partial charge in [0.2, 0.25) is 10.0 Å². The third-order valence-corrected chi connectivity index (χ3v) is 5.13. The van der Waals surface area contributed by atoms with Crippen LogP contribution in [-0.4, -0.2) is 24.9 Å². The summed E-state index contributed by atoms with van der Waals surface area (Å²) >= 11 is 0. The molecule has 2 aromatic rings. The third kappa shape index (κ3) is 3.40. The Kier molecular flexibility index (Phi) is 4.29. The smallest absolute Gasteiger partial charge is 0.243 e. The molecule has 0 aliphatic rings. The van der Waals surface area contributed by atoms with Crippen molar-refractivity contribution in [2.45, 2.75) is 18.4 Å². The zero-order valence-corrected chi connectivity index (χ0v) is 12.6. The molecule has 0 fully saturated rings. The Morgan fingerprint density at radius 1 is 1.14 bits per heavy atom. The lowest BCUT2D eigenvalue weighted by atomic mass is 10.2. The number of sulfonamides is 1. The quantitative estimate of drug-likeness (QED) is 0.944. The topological polar surface area (TPSA) is 57.6 Å². The molecule has 0 unspecified atom stereocenters. The van der Waals surface area contributed by atoms with Crippen molar-refractivity contribution in [2.75, 3.05) is 7.05 Å². The number of phenols is 1. The molecule has 112 valence electrons. The minimum Gasteiger partial charge on any atom is -0.508 e. The first-order valence-electron chi connectivity index (χ1n) is 6.31. The van der Waals surface area contributed by atoms with Gasteiger partial charge in [0.05, 0.1) is 4.90 Å². The summed E-state index contributed by atoms with van der Waals surface area (Å²) in [4.78, 5) is 0.0881. The zero-order chi connectivity index (χ0) is 15.6. The molecule has 0 amide bonds. The predicted molar refractivity (Wildman–Crippen MR) is 77.9 cm³/mol. The highest BCUT2D eigenvalue weighted by atomic mass is 32.2. The maximum atomic E-state index is 13.1. The molecule has 0 radical (unpaired) electrons. The molecule has 21 heavy (non-hydrogen) atoms. The molecular weight excluding hydrogens is 293 g/mol. The molecule has 0 spiro atoms. The van der Waals surface area contributed by atoms with E-state index in [-0.39, 0.29) is 17.2 Å². The highest BCUT2D eigenvalue weighted by molar-refractivity contribution is 7.89. The fourth-order valence-corrected chi connectivity index (χ4v) is 3.37. The van der Waals surface area contributed by atoms with Gasteiger partial charge in [0, 0.05) is 13.6 Å². The maximum Gasteiger partial charge on any atom is 0.243 e. The molecule has 0 saturated heterocycles. The van der Waals surface area contributed by atoms with Gasteiger partial charge in [-0.15, -0.1) is 0 Å². The van der Waals surface area contributed by atoms with E-state index in [1.807, 2.05) is 0 Å². The van der Waals surface area contributed by atoms with Crippen LogP contribution in [0.1, 0.15) is 11.1 Å². The van der Waals surface area contributed by atoms with Crippen molar-refractivity contribution in [1.29, 1.82) is 0 Å². The van der Waals surface area contributed by atoms with Gasteiger partial charge in [0.15, 0.2) is 0 Å². The van der Waals surface area contributed by atoms with Crippen molar-refractivity contribution >= 4 is 10.0 Å². The summed E-state index contributed by atoms with van der Waals surface area (Å²) in [7, 11) is -2.23. The number of phenolic OH excluding ortho intramolecular Hbond substituents is 1. The lowest BCUT2D eigenvalue weighted by Gasteiger charge is -2.18. The Morgan fingerprint density at radius 2 is 1.76 bits per heavy atom. The van der Waals surface area contributed by atoms with Crippen LogP contribution in [0, 0.1) is 12.7 Å². The number of benzene rings is 2. The standard InChI is InChI=1S/C15H16FNO3S/c1-11-9-13(16)5-8-15(11)21(19,20)17(2)10-12-3-6-14(18)7-4-12/h3-9,18H,10H2,1-2H3. The lowest BCUT2D eigenvalue weighted by molar-refractivity contribution is 0.463. The van der Waals surface area contributed by atoms with Crippen molar-refractivity contribution in [3.05, 3.63) is 59.4 Å². The summed E-state index contributed by atoms with van der Waals surface area (Å²) in [6.07, 6.45) is 0. The van der Waals surface area contributed by atoms with Gasteiger partial charge in [-0.05, 0) is 48.4 Å². The Bertz CT molecular complexity index is 742. The van der Waals surface area contributed by atoms with Crippen LogP contribution >= 0.6 is 0 Å². The van der Waals surface area contributed by atoms with Crippen LogP contribution in [0.4, 0.5) is 4.39 Å². The fraction of sp³-hybridized carbons (Fsp3) is 0.200. The van der Waals surface area contributed by atoms with Crippen LogP contribution in [-0.2, 0) is 16.6 Å². The largest absolute Gasteiger partial charge is 0.508 e. The third-order valence-electron chi connectivity index (χ3n) is 3.17.